The zero-order valence-electron chi connectivity index (χ0n) is 20.8. The Labute approximate surface area is 224 Å². The minimum absolute atomic E-state index is 0.163. The van der Waals surface area contributed by atoms with Crippen LogP contribution in [0.15, 0.2) is 72.8 Å². The van der Waals surface area contributed by atoms with Crippen molar-refractivity contribution in [2.24, 2.45) is 0 Å². The van der Waals surface area contributed by atoms with E-state index in [2.05, 4.69) is 5.32 Å². The Morgan fingerprint density at radius 3 is 2.26 bits per heavy atom. The van der Waals surface area contributed by atoms with Crippen molar-refractivity contribution >= 4 is 46.5 Å². The second-order valence-corrected chi connectivity index (χ2v) is 8.84. The molecule has 4 rings (SSSR count). The molecule has 1 N–H and O–H groups in total. The van der Waals surface area contributed by atoms with Gasteiger partial charge in [0.25, 0.3) is 5.91 Å². The van der Waals surface area contributed by atoms with Crippen LogP contribution in [0, 0.1) is 5.82 Å². The zero-order chi connectivity index (χ0) is 27.2. The van der Waals surface area contributed by atoms with Crippen LogP contribution in [-0.2, 0) is 20.9 Å². The maximum absolute atomic E-state index is 13.6. The number of benzene rings is 3. The van der Waals surface area contributed by atoms with Crippen molar-refractivity contribution in [1.82, 2.24) is 4.90 Å². The van der Waals surface area contributed by atoms with Gasteiger partial charge in [0.05, 0.1) is 31.4 Å². The van der Waals surface area contributed by atoms with E-state index in [0.29, 0.717) is 22.7 Å². The van der Waals surface area contributed by atoms with Gasteiger partial charge in [-0.15, -0.1) is 0 Å². The first-order valence-corrected chi connectivity index (χ1v) is 12.3. The van der Waals surface area contributed by atoms with Crippen LogP contribution in [-0.4, -0.2) is 47.6 Å². The number of halogens is 1. The molecule has 196 valence electrons. The predicted molar refractivity (Wildman–Crippen MR) is 144 cm³/mol. The highest BCUT2D eigenvalue weighted by Gasteiger charge is 2.44. The number of anilines is 2. The van der Waals surface area contributed by atoms with E-state index in [9.17, 15) is 18.8 Å². The zero-order valence-corrected chi connectivity index (χ0v) is 21.7. The lowest BCUT2D eigenvalue weighted by Crippen LogP contribution is -2.37. The van der Waals surface area contributed by atoms with Crippen molar-refractivity contribution in [3.05, 3.63) is 89.7 Å². The number of thiocarbonyl (C=S) groups is 1. The van der Waals surface area contributed by atoms with Gasteiger partial charge in [-0.2, -0.15) is 0 Å². The number of hydrogen-bond acceptors (Lipinski definition) is 6. The van der Waals surface area contributed by atoms with E-state index in [1.165, 1.54) is 17.0 Å². The number of hydrogen-bond donors (Lipinski definition) is 1. The number of methoxy groups -OCH3 is 1. The predicted octanol–water partition coefficient (Wildman–Crippen LogP) is 4.54. The SMILES string of the molecule is CCOC(=O)c1ccc(N2C(=O)[C@H](CC(=O)Nc3ccc(OC)cc3)N(Cc3ccc(F)cc3)C2=S)cc1. The molecule has 0 unspecified atom stereocenters. The highest BCUT2D eigenvalue weighted by Crippen LogP contribution is 2.29. The molecule has 3 aromatic rings. The number of ether oxygens (including phenoxy) is 2. The molecule has 1 saturated heterocycles. The molecular weight excluding hydrogens is 509 g/mol. The monoisotopic (exact) mass is 535 g/mol. The summed E-state index contributed by atoms with van der Waals surface area (Å²) in [6, 6.07) is 18.1. The van der Waals surface area contributed by atoms with Crippen molar-refractivity contribution in [3.63, 3.8) is 0 Å². The average molecular weight is 536 g/mol. The Morgan fingerprint density at radius 1 is 1.00 bits per heavy atom. The van der Waals surface area contributed by atoms with Crippen LogP contribution in [0.25, 0.3) is 0 Å². The number of carbonyl (C=O) groups excluding carboxylic acids is 3. The molecule has 1 atom stereocenters. The summed E-state index contributed by atoms with van der Waals surface area (Å²) >= 11 is 5.68. The van der Waals surface area contributed by atoms with Gasteiger partial charge in [0.2, 0.25) is 5.91 Å². The van der Waals surface area contributed by atoms with Gasteiger partial charge >= 0.3 is 5.97 Å². The summed E-state index contributed by atoms with van der Waals surface area (Å²) in [7, 11) is 1.55. The van der Waals surface area contributed by atoms with E-state index in [0.717, 1.165) is 5.56 Å². The Kier molecular flexibility index (Phi) is 8.32. The average Bonchev–Trinajstić information content (AvgIpc) is 3.14. The summed E-state index contributed by atoms with van der Waals surface area (Å²) in [6.07, 6.45) is -0.163. The fourth-order valence-electron chi connectivity index (χ4n) is 4.06. The molecule has 0 aromatic heterocycles. The summed E-state index contributed by atoms with van der Waals surface area (Å²) in [6.45, 7) is 2.16. The molecule has 3 aromatic carbocycles. The Hall–Kier alpha value is -4.31. The Bertz CT molecular complexity index is 1330. The largest absolute Gasteiger partial charge is 0.497 e. The molecule has 0 radical (unpaired) electrons. The lowest BCUT2D eigenvalue weighted by atomic mass is 10.1. The summed E-state index contributed by atoms with van der Waals surface area (Å²) in [4.78, 5) is 41.6. The molecule has 0 spiro atoms. The summed E-state index contributed by atoms with van der Waals surface area (Å²) < 4.78 is 23.6. The van der Waals surface area contributed by atoms with Crippen molar-refractivity contribution in [2.45, 2.75) is 25.9 Å². The molecule has 0 aliphatic carbocycles. The van der Waals surface area contributed by atoms with Crippen LogP contribution in [0.5, 0.6) is 5.75 Å². The minimum atomic E-state index is -0.893. The third-order valence-corrected chi connectivity index (χ3v) is 6.39. The van der Waals surface area contributed by atoms with Gasteiger partial charge in [-0.05, 0) is 85.4 Å². The first-order valence-electron chi connectivity index (χ1n) is 11.9. The van der Waals surface area contributed by atoms with Crippen LogP contribution in [0.2, 0.25) is 0 Å². The van der Waals surface area contributed by atoms with Crippen molar-refractivity contribution in [1.29, 1.82) is 0 Å². The highest BCUT2D eigenvalue weighted by molar-refractivity contribution is 7.80. The van der Waals surface area contributed by atoms with Crippen molar-refractivity contribution in [3.8, 4) is 5.75 Å². The van der Waals surface area contributed by atoms with Crippen LogP contribution in [0.4, 0.5) is 15.8 Å². The van der Waals surface area contributed by atoms with Crippen LogP contribution in [0.3, 0.4) is 0 Å². The third kappa shape index (κ3) is 5.97. The highest BCUT2D eigenvalue weighted by atomic mass is 32.1. The van der Waals surface area contributed by atoms with Gasteiger partial charge in [-0.25, -0.2) is 9.18 Å². The lowest BCUT2D eigenvalue weighted by Gasteiger charge is -2.24. The van der Waals surface area contributed by atoms with Crippen LogP contribution >= 0.6 is 12.2 Å². The van der Waals surface area contributed by atoms with E-state index < -0.39 is 12.0 Å². The van der Waals surface area contributed by atoms with Gasteiger partial charge in [-0.1, -0.05) is 12.1 Å². The fourth-order valence-corrected chi connectivity index (χ4v) is 4.45. The number of carbonyl (C=O) groups is 3. The smallest absolute Gasteiger partial charge is 0.338 e. The number of nitrogens with one attached hydrogen (secondary N) is 1. The summed E-state index contributed by atoms with van der Waals surface area (Å²) in [5.74, 6) is -0.965. The second kappa shape index (κ2) is 11.8. The molecule has 1 aliphatic rings. The molecule has 1 heterocycles. The quantitative estimate of drug-likeness (QED) is 0.318. The van der Waals surface area contributed by atoms with Gasteiger partial charge in [0.15, 0.2) is 5.11 Å². The number of amides is 2. The molecule has 0 bridgehead atoms. The van der Waals surface area contributed by atoms with Gasteiger partial charge in [0.1, 0.15) is 17.6 Å². The molecule has 0 saturated carbocycles. The Balaban J connectivity index is 1.58. The van der Waals surface area contributed by atoms with E-state index >= 15 is 0 Å². The molecule has 2 amide bonds. The first kappa shape index (κ1) is 26.7. The third-order valence-electron chi connectivity index (χ3n) is 5.97. The number of nitrogens with zero attached hydrogens (tertiary/aromatic N) is 2. The standard InChI is InChI=1S/C28H26FN3O5S/c1-3-37-27(35)19-6-12-22(13-7-19)32-26(34)24(16-25(33)30-21-10-14-23(36-2)15-11-21)31(28(32)38)17-18-4-8-20(29)9-5-18/h4-15,24H,3,16-17H2,1-2H3,(H,30,33)/t24-/m0/s1. The summed E-state index contributed by atoms with van der Waals surface area (Å²) in [5, 5.41) is 3.00. The second-order valence-electron chi connectivity index (χ2n) is 8.47. The van der Waals surface area contributed by atoms with Crippen LogP contribution in [0.1, 0.15) is 29.3 Å². The van der Waals surface area contributed by atoms with Gasteiger partial charge in [0, 0.05) is 12.2 Å². The number of esters is 1. The fraction of sp³-hybridized carbons (Fsp3) is 0.214. The molecule has 10 heteroatoms. The molecule has 8 nitrogen and oxygen atoms in total. The van der Waals surface area contributed by atoms with Gasteiger partial charge < -0.3 is 19.7 Å². The lowest BCUT2D eigenvalue weighted by molar-refractivity contribution is -0.124. The van der Waals surface area contributed by atoms with E-state index in [-0.39, 0.29) is 42.3 Å². The normalized spacial score (nSPS) is 15.0. The van der Waals surface area contributed by atoms with Crippen molar-refractivity contribution in [2.75, 3.05) is 23.9 Å². The van der Waals surface area contributed by atoms with Gasteiger partial charge in [-0.3, -0.25) is 14.5 Å². The minimum Gasteiger partial charge on any atom is -0.497 e. The van der Waals surface area contributed by atoms with E-state index in [1.54, 1.807) is 79.6 Å². The maximum atomic E-state index is 13.6. The topological polar surface area (TPSA) is 88.2 Å². The number of rotatable bonds is 9. The summed E-state index contributed by atoms with van der Waals surface area (Å²) in [5.41, 5.74) is 2.07. The van der Waals surface area contributed by atoms with E-state index in [4.69, 9.17) is 21.7 Å². The molecular formula is C28H26FN3O5S. The first-order chi connectivity index (χ1) is 18.3. The maximum Gasteiger partial charge on any atom is 0.338 e. The molecule has 1 aliphatic heterocycles. The molecule has 38 heavy (non-hydrogen) atoms. The molecule has 1 fully saturated rings. The Morgan fingerprint density at radius 2 is 1.66 bits per heavy atom. The van der Waals surface area contributed by atoms with E-state index in [1.807, 2.05) is 0 Å². The van der Waals surface area contributed by atoms with Crippen molar-refractivity contribution < 1.29 is 28.2 Å². The van der Waals surface area contributed by atoms with Crippen LogP contribution < -0.4 is 15.0 Å².